The molecule has 0 bridgehead atoms. The van der Waals surface area contributed by atoms with E-state index < -0.39 is 5.92 Å². The van der Waals surface area contributed by atoms with Crippen LogP contribution < -0.4 is 10.2 Å². The van der Waals surface area contributed by atoms with Crippen molar-refractivity contribution in [1.82, 2.24) is 15.5 Å². The number of carbonyl (C=O) groups excluding carboxylic acids is 2. The summed E-state index contributed by atoms with van der Waals surface area (Å²) in [7, 11) is 0. The largest absolute Gasteiger partial charge is 0.355 e. The Hall–Kier alpha value is -2.35. The molecule has 1 aliphatic heterocycles. The topological polar surface area (TPSA) is 75.2 Å². The SMILES string of the molecule is CCCc1nnc(N2CC(C(=O)NCCc3cccc(F)c3)CC2=O)s1. The zero-order chi connectivity index (χ0) is 18.5. The van der Waals surface area contributed by atoms with Crippen molar-refractivity contribution >= 4 is 28.3 Å². The fourth-order valence-electron chi connectivity index (χ4n) is 2.90. The molecule has 0 radical (unpaired) electrons. The van der Waals surface area contributed by atoms with Crippen LogP contribution in [0.2, 0.25) is 0 Å². The molecular formula is C18H21FN4O2S. The lowest BCUT2D eigenvalue weighted by Crippen LogP contribution is -2.34. The van der Waals surface area contributed by atoms with Crippen molar-refractivity contribution in [3.8, 4) is 0 Å². The molecule has 2 aromatic rings. The molecule has 2 heterocycles. The molecular weight excluding hydrogens is 355 g/mol. The summed E-state index contributed by atoms with van der Waals surface area (Å²) in [6.07, 6.45) is 2.53. The van der Waals surface area contributed by atoms with Crippen LogP contribution in [0.1, 0.15) is 30.3 Å². The summed E-state index contributed by atoms with van der Waals surface area (Å²) in [6.45, 7) is 2.80. The molecule has 1 unspecified atom stereocenters. The first-order valence-electron chi connectivity index (χ1n) is 8.71. The predicted octanol–water partition coefficient (Wildman–Crippen LogP) is 2.34. The number of hydrogen-bond donors (Lipinski definition) is 1. The van der Waals surface area contributed by atoms with Gasteiger partial charge < -0.3 is 5.32 Å². The average molecular weight is 376 g/mol. The Bertz CT molecular complexity index is 795. The van der Waals surface area contributed by atoms with Crippen molar-refractivity contribution in [2.45, 2.75) is 32.6 Å². The van der Waals surface area contributed by atoms with Gasteiger partial charge in [-0.2, -0.15) is 0 Å². The van der Waals surface area contributed by atoms with Crippen LogP contribution in [0.4, 0.5) is 9.52 Å². The fraction of sp³-hybridized carbons (Fsp3) is 0.444. The van der Waals surface area contributed by atoms with Gasteiger partial charge in [-0.05, 0) is 30.5 Å². The Morgan fingerprint density at radius 1 is 1.38 bits per heavy atom. The first-order valence-corrected chi connectivity index (χ1v) is 9.53. The standard InChI is InChI=1S/C18H21FN4O2S/c1-2-4-15-21-22-18(26-15)23-11-13(10-16(23)24)17(25)20-8-7-12-5-3-6-14(19)9-12/h3,5-6,9,13H,2,4,7-8,10-11H2,1H3,(H,20,25). The van der Waals surface area contributed by atoms with Crippen LogP contribution in [-0.2, 0) is 22.4 Å². The predicted molar refractivity (Wildman–Crippen MR) is 97.5 cm³/mol. The Labute approximate surface area is 155 Å². The second-order valence-corrected chi connectivity index (χ2v) is 7.35. The van der Waals surface area contributed by atoms with Crippen LogP contribution in [0.3, 0.4) is 0 Å². The molecule has 1 aromatic heterocycles. The lowest BCUT2D eigenvalue weighted by atomic mass is 10.1. The third-order valence-electron chi connectivity index (χ3n) is 4.25. The summed E-state index contributed by atoms with van der Waals surface area (Å²) in [5.74, 6) is -0.941. The first-order chi connectivity index (χ1) is 12.6. The molecule has 2 amide bonds. The Morgan fingerprint density at radius 2 is 2.23 bits per heavy atom. The number of hydrogen-bond acceptors (Lipinski definition) is 5. The van der Waals surface area contributed by atoms with Crippen molar-refractivity contribution in [3.05, 3.63) is 40.7 Å². The van der Waals surface area contributed by atoms with E-state index >= 15 is 0 Å². The molecule has 1 fully saturated rings. The van der Waals surface area contributed by atoms with Gasteiger partial charge in [0.05, 0.1) is 5.92 Å². The zero-order valence-corrected chi connectivity index (χ0v) is 15.4. The van der Waals surface area contributed by atoms with E-state index in [9.17, 15) is 14.0 Å². The van der Waals surface area contributed by atoms with Crippen LogP contribution >= 0.6 is 11.3 Å². The maximum atomic E-state index is 13.2. The second kappa shape index (κ2) is 8.35. The van der Waals surface area contributed by atoms with Crippen molar-refractivity contribution in [2.75, 3.05) is 18.0 Å². The molecule has 1 saturated heterocycles. The molecule has 3 rings (SSSR count). The van der Waals surface area contributed by atoms with Gasteiger partial charge in [0.25, 0.3) is 0 Å². The van der Waals surface area contributed by atoms with Crippen molar-refractivity contribution in [2.24, 2.45) is 5.92 Å². The van der Waals surface area contributed by atoms with E-state index in [1.807, 2.05) is 6.07 Å². The Kier molecular flexibility index (Phi) is 5.92. The van der Waals surface area contributed by atoms with E-state index in [2.05, 4.69) is 22.4 Å². The molecule has 1 N–H and O–H groups in total. The summed E-state index contributed by atoms with van der Waals surface area (Å²) >= 11 is 1.40. The van der Waals surface area contributed by atoms with Crippen LogP contribution in [-0.4, -0.2) is 35.1 Å². The first kappa shape index (κ1) is 18.4. The number of carbonyl (C=O) groups is 2. The number of benzene rings is 1. The number of anilines is 1. The van der Waals surface area contributed by atoms with E-state index in [0.717, 1.165) is 23.4 Å². The monoisotopic (exact) mass is 376 g/mol. The maximum Gasteiger partial charge on any atom is 0.229 e. The Morgan fingerprint density at radius 3 is 3.00 bits per heavy atom. The van der Waals surface area contributed by atoms with Crippen molar-refractivity contribution < 1.29 is 14.0 Å². The van der Waals surface area contributed by atoms with E-state index in [1.165, 1.54) is 23.5 Å². The summed E-state index contributed by atoms with van der Waals surface area (Å²) < 4.78 is 13.2. The van der Waals surface area contributed by atoms with Gasteiger partial charge in [-0.1, -0.05) is 30.4 Å². The van der Waals surface area contributed by atoms with Gasteiger partial charge in [0, 0.05) is 25.9 Å². The van der Waals surface area contributed by atoms with Gasteiger partial charge in [0.15, 0.2) is 0 Å². The minimum absolute atomic E-state index is 0.102. The molecule has 0 aliphatic carbocycles. The van der Waals surface area contributed by atoms with Gasteiger partial charge >= 0.3 is 0 Å². The molecule has 1 atom stereocenters. The van der Waals surface area contributed by atoms with E-state index in [0.29, 0.717) is 24.6 Å². The minimum Gasteiger partial charge on any atom is -0.355 e. The lowest BCUT2D eigenvalue weighted by Gasteiger charge is -2.12. The van der Waals surface area contributed by atoms with Crippen LogP contribution in [0.25, 0.3) is 0 Å². The summed E-state index contributed by atoms with van der Waals surface area (Å²) in [4.78, 5) is 26.1. The van der Waals surface area contributed by atoms with Crippen LogP contribution in [0.15, 0.2) is 24.3 Å². The van der Waals surface area contributed by atoms with Crippen molar-refractivity contribution in [1.29, 1.82) is 0 Å². The second-order valence-electron chi connectivity index (χ2n) is 6.30. The number of amides is 2. The van der Waals surface area contributed by atoms with Gasteiger partial charge in [0.1, 0.15) is 10.8 Å². The van der Waals surface area contributed by atoms with Gasteiger partial charge in [-0.15, -0.1) is 10.2 Å². The van der Waals surface area contributed by atoms with Crippen molar-refractivity contribution in [3.63, 3.8) is 0 Å². The zero-order valence-electron chi connectivity index (χ0n) is 14.6. The van der Waals surface area contributed by atoms with E-state index in [4.69, 9.17) is 0 Å². The molecule has 26 heavy (non-hydrogen) atoms. The Balaban J connectivity index is 1.51. The minimum atomic E-state index is -0.395. The third kappa shape index (κ3) is 4.43. The van der Waals surface area contributed by atoms with E-state index in [-0.39, 0.29) is 24.1 Å². The number of rotatable bonds is 7. The fourth-order valence-corrected chi connectivity index (χ4v) is 3.87. The molecule has 6 nitrogen and oxygen atoms in total. The summed E-state index contributed by atoms with van der Waals surface area (Å²) in [5, 5.41) is 12.5. The number of aromatic nitrogens is 2. The summed E-state index contributed by atoms with van der Waals surface area (Å²) in [6, 6.07) is 6.31. The van der Waals surface area contributed by atoms with Crippen LogP contribution in [0.5, 0.6) is 0 Å². The van der Waals surface area contributed by atoms with Crippen LogP contribution in [0, 0.1) is 11.7 Å². The molecule has 1 aromatic carbocycles. The molecule has 138 valence electrons. The highest BCUT2D eigenvalue weighted by Gasteiger charge is 2.36. The van der Waals surface area contributed by atoms with Gasteiger partial charge in [-0.3, -0.25) is 14.5 Å². The molecule has 1 aliphatic rings. The number of halogens is 1. The quantitative estimate of drug-likeness (QED) is 0.805. The summed E-state index contributed by atoms with van der Waals surface area (Å²) in [5.41, 5.74) is 0.826. The third-order valence-corrected chi connectivity index (χ3v) is 5.25. The highest BCUT2D eigenvalue weighted by atomic mass is 32.1. The van der Waals surface area contributed by atoms with E-state index in [1.54, 1.807) is 11.0 Å². The highest BCUT2D eigenvalue weighted by molar-refractivity contribution is 7.15. The molecule has 8 heteroatoms. The normalized spacial score (nSPS) is 16.9. The highest BCUT2D eigenvalue weighted by Crippen LogP contribution is 2.28. The van der Waals surface area contributed by atoms with Gasteiger partial charge in [-0.25, -0.2) is 4.39 Å². The van der Waals surface area contributed by atoms with Gasteiger partial charge in [0.2, 0.25) is 16.9 Å². The molecule has 0 spiro atoms. The number of nitrogens with zero attached hydrogens (tertiary/aromatic N) is 3. The smallest absolute Gasteiger partial charge is 0.229 e. The lowest BCUT2D eigenvalue weighted by molar-refractivity contribution is -0.126. The number of nitrogens with one attached hydrogen (secondary N) is 1. The average Bonchev–Trinajstić information content (AvgIpc) is 3.22. The number of aryl methyl sites for hydroxylation is 1. The maximum absolute atomic E-state index is 13.2. The molecule has 0 saturated carbocycles.